The lowest BCUT2D eigenvalue weighted by atomic mass is 10.1. The third kappa shape index (κ3) is 3.16. The van der Waals surface area contributed by atoms with Crippen molar-refractivity contribution in [3.8, 4) is 5.69 Å². The van der Waals surface area contributed by atoms with Gasteiger partial charge in [-0.2, -0.15) is 0 Å². The molecule has 0 spiro atoms. The summed E-state index contributed by atoms with van der Waals surface area (Å²) >= 11 is 0. The van der Waals surface area contributed by atoms with E-state index in [1.165, 1.54) is 36.1 Å². The Morgan fingerprint density at radius 3 is 2.64 bits per heavy atom. The molecule has 1 fully saturated rings. The second kappa shape index (κ2) is 6.77. The Balaban J connectivity index is 1.61. The van der Waals surface area contributed by atoms with Gasteiger partial charge in [-0.3, -0.25) is 9.69 Å². The molecule has 1 saturated heterocycles. The van der Waals surface area contributed by atoms with E-state index < -0.39 is 0 Å². The molecule has 0 atom stereocenters. The normalized spacial score (nSPS) is 17.7. The van der Waals surface area contributed by atoms with Crippen molar-refractivity contribution in [2.24, 2.45) is 0 Å². The predicted molar refractivity (Wildman–Crippen MR) is 98.9 cm³/mol. The molecule has 2 aliphatic rings. The Morgan fingerprint density at radius 1 is 1.08 bits per heavy atom. The highest BCUT2D eigenvalue weighted by atomic mass is 16.5. The van der Waals surface area contributed by atoms with Gasteiger partial charge in [0.1, 0.15) is 0 Å². The fourth-order valence-corrected chi connectivity index (χ4v) is 4.19. The minimum atomic E-state index is 0.211. The van der Waals surface area contributed by atoms with E-state index in [0.717, 1.165) is 43.3 Å². The average molecular weight is 338 g/mol. The van der Waals surface area contributed by atoms with Gasteiger partial charge in [0.05, 0.1) is 19.8 Å². The van der Waals surface area contributed by atoms with Crippen LogP contribution in [0.3, 0.4) is 0 Å². The highest BCUT2D eigenvalue weighted by Crippen LogP contribution is 2.27. The van der Waals surface area contributed by atoms with E-state index in [9.17, 15) is 4.79 Å². The number of ketones is 1. The van der Waals surface area contributed by atoms with E-state index in [0.29, 0.717) is 6.54 Å². The van der Waals surface area contributed by atoms with Gasteiger partial charge in [-0.05, 0) is 62.4 Å². The van der Waals surface area contributed by atoms with Crippen LogP contribution in [0.5, 0.6) is 0 Å². The molecule has 0 saturated carbocycles. The zero-order chi connectivity index (χ0) is 17.4. The molecule has 4 nitrogen and oxygen atoms in total. The maximum atomic E-state index is 12.8. The number of nitrogens with zero attached hydrogens (tertiary/aromatic N) is 2. The third-order valence-corrected chi connectivity index (χ3v) is 5.54. The molecule has 2 heterocycles. The first-order chi connectivity index (χ1) is 12.1. The number of hydrogen-bond acceptors (Lipinski definition) is 3. The number of Topliss-reactive ketones (excluding diaryl/α,β-unsaturated/α-hetero) is 1. The van der Waals surface area contributed by atoms with Crippen LogP contribution in [0.25, 0.3) is 5.69 Å². The SMILES string of the molecule is Cc1cc(C(=O)CN2CCOCC2)c(C)n1-c1ccc2c(c1)CCC2. The quantitative estimate of drug-likeness (QED) is 0.804. The lowest BCUT2D eigenvalue weighted by Crippen LogP contribution is -2.39. The zero-order valence-electron chi connectivity index (χ0n) is 15.2. The van der Waals surface area contributed by atoms with Crippen LogP contribution in [-0.4, -0.2) is 48.1 Å². The summed E-state index contributed by atoms with van der Waals surface area (Å²) in [6.45, 7) is 7.77. The number of benzene rings is 1. The number of morpholine rings is 1. The summed E-state index contributed by atoms with van der Waals surface area (Å²) in [6.07, 6.45) is 3.62. The van der Waals surface area contributed by atoms with Crippen LogP contribution in [0.1, 0.15) is 39.3 Å². The maximum absolute atomic E-state index is 12.8. The van der Waals surface area contributed by atoms with Gasteiger partial charge in [0.25, 0.3) is 0 Å². The van der Waals surface area contributed by atoms with E-state index >= 15 is 0 Å². The topological polar surface area (TPSA) is 34.5 Å². The van der Waals surface area contributed by atoms with Crippen LogP contribution in [0, 0.1) is 13.8 Å². The van der Waals surface area contributed by atoms with Crippen molar-refractivity contribution in [2.45, 2.75) is 33.1 Å². The highest BCUT2D eigenvalue weighted by Gasteiger charge is 2.21. The van der Waals surface area contributed by atoms with Crippen LogP contribution < -0.4 is 0 Å². The molecule has 0 unspecified atom stereocenters. The summed E-state index contributed by atoms with van der Waals surface area (Å²) in [6, 6.07) is 8.80. The van der Waals surface area contributed by atoms with Gasteiger partial charge in [0.2, 0.25) is 0 Å². The van der Waals surface area contributed by atoms with Gasteiger partial charge in [0.15, 0.2) is 5.78 Å². The molecular formula is C21H26N2O2. The van der Waals surface area contributed by atoms with Crippen molar-refractivity contribution in [3.63, 3.8) is 0 Å². The van der Waals surface area contributed by atoms with Crippen molar-refractivity contribution in [1.29, 1.82) is 0 Å². The molecule has 2 aromatic rings. The molecule has 132 valence electrons. The largest absolute Gasteiger partial charge is 0.379 e. The number of aromatic nitrogens is 1. The van der Waals surface area contributed by atoms with Crippen molar-refractivity contribution < 1.29 is 9.53 Å². The molecule has 0 bridgehead atoms. The maximum Gasteiger partial charge on any atom is 0.178 e. The molecule has 4 heteroatoms. The van der Waals surface area contributed by atoms with Crippen LogP contribution >= 0.6 is 0 Å². The van der Waals surface area contributed by atoms with Gasteiger partial charge in [0, 0.05) is 35.7 Å². The van der Waals surface area contributed by atoms with Crippen LogP contribution in [0.2, 0.25) is 0 Å². The van der Waals surface area contributed by atoms with Gasteiger partial charge in [-0.1, -0.05) is 6.07 Å². The second-order valence-corrected chi connectivity index (χ2v) is 7.24. The molecule has 0 amide bonds. The van der Waals surface area contributed by atoms with Crippen molar-refractivity contribution in [1.82, 2.24) is 9.47 Å². The monoisotopic (exact) mass is 338 g/mol. The molecule has 1 aliphatic heterocycles. The van der Waals surface area contributed by atoms with E-state index in [4.69, 9.17) is 4.74 Å². The number of aryl methyl sites for hydroxylation is 3. The Bertz CT molecular complexity index is 800. The number of carbonyl (C=O) groups is 1. The minimum absolute atomic E-state index is 0.211. The molecule has 1 aromatic heterocycles. The number of carbonyl (C=O) groups excluding carboxylic acids is 1. The Morgan fingerprint density at radius 2 is 1.84 bits per heavy atom. The second-order valence-electron chi connectivity index (χ2n) is 7.24. The zero-order valence-corrected chi connectivity index (χ0v) is 15.2. The summed E-state index contributed by atoms with van der Waals surface area (Å²) in [5, 5.41) is 0. The fourth-order valence-electron chi connectivity index (χ4n) is 4.19. The average Bonchev–Trinajstić information content (AvgIpc) is 3.19. The summed E-state index contributed by atoms with van der Waals surface area (Å²) in [5.41, 5.74) is 7.15. The Hall–Kier alpha value is -1.91. The summed E-state index contributed by atoms with van der Waals surface area (Å²) in [4.78, 5) is 15.0. The summed E-state index contributed by atoms with van der Waals surface area (Å²) < 4.78 is 7.60. The van der Waals surface area contributed by atoms with E-state index in [-0.39, 0.29) is 5.78 Å². The lowest BCUT2D eigenvalue weighted by molar-refractivity contribution is 0.0371. The first-order valence-corrected chi connectivity index (χ1v) is 9.28. The standard InChI is InChI=1S/C21H26N2O2/c1-15-12-20(21(24)14-22-8-10-25-11-9-22)16(2)23(15)19-7-6-17-4-3-5-18(17)13-19/h6-7,12-13H,3-5,8-11,14H2,1-2H3. The summed E-state index contributed by atoms with van der Waals surface area (Å²) in [7, 11) is 0. The van der Waals surface area contributed by atoms with E-state index in [1.807, 2.05) is 6.07 Å². The van der Waals surface area contributed by atoms with Crippen LogP contribution in [0.4, 0.5) is 0 Å². The van der Waals surface area contributed by atoms with Gasteiger partial charge < -0.3 is 9.30 Å². The summed E-state index contributed by atoms with van der Waals surface area (Å²) in [5.74, 6) is 0.211. The van der Waals surface area contributed by atoms with Crippen molar-refractivity contribution in [2.75, 3.05) is 32.8 Å². The van der Waals surface area contributed by atoms with Crippen molar-refractivity contribution >= 4 is 5.78 Å². The minimum Gasteiger partial charge on any atom is -0.379 e. The molecule has 4 rings (SSSR count). The molecule has 25 heavy (non-hydrogen) atoms. The first-order valence-electron chi connectivity index (χ1n) is 9.28. The lowest BCUT2D eigenvalue weighted by Gasteiger charge is -2.25. The van der Waals surface area contributed by atoms with Gasteiger partial charge >= 0.3 is 0 Å². The number of rotatable bonds is 4. The number of hydrogen-bond donors (Lipinski definition) is 0. The Labute approximate surface area is 149 Å². The molecule has 0 radical (unpaired) electrons. The van der Waals surface area contributed by atoms with Crippen molar-refractivity contribution in [3.05, 3.63) is 52.3 Å². The van der Waals surface area contributed by atoms with E-state index in [1.54, 1.807) is 0 Å². The Kier molecular flexibility index (Phi) is 4.48. The molecular weight excluding hydrogens is 312 g/mol. The molecule has 1 aromatic carbocycles. The highest BCUT2D eigenvalue weighted by molar-refractivity contribution is 5.99. The molecule has 0 N–H and O–H groups in total. The van der Waals surface area contributed by atoms with Crippen LogP contribution in [-0.2, 0) is 17.6 Å². The fraction of sp³-hybridized carbons (Fsp3) is 0.476. The predicted octanol–water partition coefficient (Wildman–Crippen LogP) is 3.10. The number of ether oxygens (including phenoxy) is 1. The van der Waals surface area contributed by atoms with Gasteiger partial charge in [-0.25, -0.2) is 0 Å². The molecule has 1 aliphatic carbocycles. The third-order valence-electron chi connectivity index (χ3n) is 5.54. The van der Waals surface area contributed by atoms with E-state index in [2.05, 4.69) is 41.5 Å². The smallest absolute Gasteiger partial charge is 0.178 e. The number of fused-ring (bicyclic) bond motifs is 1. The first kappa shape index (κ1) is 16.6. The van der Waals surface area contributed by atoms with Gasteiger partial charge in [-0.15, -0.1) is 0 Å². The van der Waals surface area contributed by atoms with Crippen LogP contribution in [0.15, 0.2) is 24.3 Å².